The number of nitrogens with one attached hydrogen (secondary N) is 2. The number of halogens is 1. The normalized spacial score (nSPS) is 12.0. The Bertz CT molecular complexity index is 746. The maximum Gasteiger partial charge on any atom is 0.251 e. The van der Waals surface area contributed by atoms with Gasteiger partial charge < -0.3 is 10.3 Å². The number of carbonyl (C=O) groups excluding carboxylic acids is 1. The molecule has 0 aliphatic rings. The molecule has 2 rings (SSSR count). The molecule has 5 nitrogen and oxygen atoms in total. The Morgan fingerprint density at radius 2 is 2.08 bits per heavy atom. The van der Waals surface area contributed by atoms with Crippen molar-refractivity contribution in [3.05, 3.63) is 51.4 Å². The van der Waals surface area contributed by atoms with Gasteiger partial charge in [-0.05, 0) is 44.0 Å². The highest BCUT2D eigenvalue weighted by atomic mass is 35.5. The molecule has 0 spiro atoms. The summed E-state index contributed by atoms with van der Waals surface area (Å²) in [5, 5.41) is 3.49. The number of nitrogens with zero attached hydrogens (tertiary/aromatic N) is 1. The minimum absolute atomic E-state index is 0.163. The summed E-state index contributed by atoms with van der Waals surface area (Å²) < 4.78 is 0. The van der Waals surface area contributed by atoms with Gasteiger partial charge in [-0.15, -0.1) is 0 Å². The number of amides is 1. The molecule has 2 aromatic rings. The lowest BCUT2D eigenvalue weighted by Crippen LogP contribution is -2.23. The molecule has 0 fully saturated rings. The van der Waals surface area contributed by atoms with Crippen LogP contribution in [0.1, 0.15) is 32.4 Å². The van der Waals surface area contributed by atoms with Gasteiger partial charge in [0.1, 0.15) is 0 Å². The van der Waals surface area contributed by atoms with Crippen LogP contribution in [0.15, 0.2) is 40.3 Å². The van der Waals surface area contributed by atoms with Gasteiger partial charge in [0.15, 0.2) is 5.16 Å². The largest absolute Gasteiger partial charge is 0.325 e. The first-order valence-corrected chi connectivity index (χ1v) is 9.07. The molecule has 0 saturated heterocycles. The van der Waals surface area contributed by atoms with E-state index in [1.807, 2.05) is 0 Å². The molecule has 0 radical (unpaired) electrons. The van der Waals surface area contributed by atoms with Crippen LogP contribution in [-0.4, -0.2) is 21.1 Å². The molecule has 7 heteroatoms. The zero-order chi connectivity index (χ0) is 17.5. The topological polar surface area (TPSA) is 74.8 Å². The highest BCUT2D eigenvalue weighted by Crippen LogP contribution is 2.21. The fraction of sp³-hybridized carbons (Fsp3) is 0.353. The highest BCUT2D eigenvalue weighted by Gasteiger charge is 2.16. The van der Waals surface area contributed by atoms with Gasteiger partial charge in [-0.25, -0.2) is 4.98 Å². The fourth-order valence-electron chi connectivity index (χ4n) is 2.02. The summed E-state index contributed by atoms with van der Waals surface area (Å²) in [5.74, 6) is -0.163. The molecule has 1 amide bonds. The molecule has 1 aromatic heterocycles. The quantitative estimate of drug-likeness (QED) is 0.576. The van der Waals surface area contributed by atoms with Crippen molar-refractivity contribution in [1.82, 2.24) is 9.97 Å². The van der Waals surface area contributed by atoms with Crippen molar-refractivity contribution in [3.8, 4) is 0 Å². The van der Waals surface area contributed by atoms with Gasteiger partial charge in [0, 0.05) is 22.5 Å². The molecule has 1 unspecified atom stereocenters. The number of aromatic nitrogens is 2. The lowest BCUT2D eigenvalue weighted by atomic mass is 10.2. The molecule has 1 heterocycles. The van der Waals surface area contributed by atoms with Crippen molar-refractivity contribution < 1.29 is 4.79 Å². The average molecular weight is 366 g/mol. The number of rotatable bonds is 7. The summed E-state index contributed by atoms with van der Waals surface area (Å²) >= 11 is 7.06. The van der Waals surface area contributed by atoms with E-state index < -0.39 is 5.25 Å². The van der Waals surface area contributed by atoms with Gasteiger partial charge in [0.2, 0.25) is 5.91 Å². The number of hydrogen-bond acceptors (Lipinski definition) is 4. The minimum Gasteiger partial charge on any atom is -0.325 e. The SMILES string of the molecule is CCCCc1cc(=O)[nH]c(SC(C)C(=O)Nc2ccc(Cl)cc2)n1. The van der Waals surface area contributed by atoms with E-state index in [1.54, 1.807) is 31.2 Å². The number of aryl methyl sites for hydroxylation is 1. The maximum atomic E-state index is 12.3. The van der Waals surface area contributed by atoms with Crippen molar-refractivity contribution in [2.75, 3.05) is 5.32 Å². The van der Waals surface area contributed by atoms with Crippen molar-refractivity contribution in [3.63, 3.8) is 0 Å². The van der Waals surface area contributed by atoms with E-state index in [9.17, 15) is 9.59 Å². The first-order chi connectivity index (χ1) is 11.5. The second kappa shape index (κ2) is 8.89. The van der Waals surface area contributed by atoms with Crippen LogP contribution in [-0.2, 0) is 11.2 Å². The lowest BCUT2D eigenvalue weighted by Gasteiger charge is -2.12. The Balaban J connectivity index is 2.01. The monoisotopic (exact) mass is 365 g/mol. The molecule has 2 N–H and O–H groups in total. The van der Waals surface area contributed by atoms with E-state index in [1.165, 1.54) is 17.8 Å². The number of aromatic amines is 1. The van der Waals surface area contributed by atoms with Gasteiger partial charge in [-0.2, -0.15) is 0 Å². The fourth-order valence-corrected chi connectivity index (χ4v) is 2.98. The van der Waals surface area contributed by atoms with Crippen molar-refractivity contribution in [2.45, 2.75) is 43.5 Å². The number of H-pyrrole nitrogens is 1. The molecule has 128 valence electrons. The smallest absolute Gasteiger partial charge is 0.251 e. The maximum absolute atomic E-state index is 12.3. The summed E-state index contributed by atoms with van der Waals surface area (Å²) in [6.07, 6.45) is 2.78. The van der Waals surface area contributed by atoms with Crippen LogP contribution in [0, 0.1) is 0 Å². The zero-order valence-electron chi connectivity index (χ0n) is 13.6. The van der Waals surface area contributed by atoms with Crippen LogP contribution in [0.5, 0.6) is 0 Å². The number of thioether (sulfide) groups is 1. The zero-order valence-corrected chi connectivity index (χ0v) is 15.2. The average Bonchev–Trinajstić information content (AvgIpc) is 2.54. The van der Waals surface area contributed by atoms with Crippen molar-refractivity contribution in [2.24, 2.45) is 0 Å². The third kappa shape index (κ3) is 5.69. The summed E-state index contributed by atoms with van der Waals surface area (Å²) in [6.45, 7) is 3.86. The Morgan fingerprint density at radius 1 is 1.38 bits per heavy atom. The number of carbonyl (C=O) groups is 1. The van der Waals surface area contributed by atoms with Crippen LogP contribution >= 0.6 is 23.4 Å². The summed E-state index contributed by atoms with van der Waals surface area (Å²) in [5.41, 5.74) is 1.24. The van der Waals surface area contributed by atoms with Crippen LogP contribution in [0.3, 0.4) is 0 Å². The van der Waals surface area contributed by atoms with Gasteiger partial charge in [-0.1, -0.05) is 36.7 Å². The Morgan fingerprint density at radius 3 is 2.75 bits per heavy atom. The van der Waals surface area contributed by atoms with Crippen LogP contribution in [0.2, 0.25) is 5.02 Å². The number of anilines is 1. The van der Waals surface area contributed by atoms with Crippen LogP contribution < -0.4 is 10.9 Å². The Hall–Kier alpha value is -1.79. The second-order valence-electron chi connectivity index (χ2n) is 5.40. The summed E-state index contributed by atoms with van der Waals surface area (Å²) in [7, 11) is 0. The molecule has 0 aliphatic heterocycles. The number of benzene rings is 1. The van der Waals surface area contributed by atoms with E-state index in [4.69, 9.17) is 11.6 Å². The van der Waals surface area contributed by atoms with Gasteiger partial charge >= 0.3 is 0 Å². The number of unbranched alkanes of at least 4 members (excludes halogenated alkanes) is 1. The molecule has 1 atom stereocenters. The molecule has 0 aliphatic carbocycles. The second-order valence-corrected chi connectivity index (χ2v) is 7.17. The molecular formula is C17H20ClN3O2S. The van der Waals surface area contributed by atoms with E-state index in [0.717, 1.165) is 25.0 Å². The standard InChI is InChI=1S/C17H20ClN3O2S/c1-3-4-5-14-10-15(22)21-17(20-14)24-11(2)16(23)19-13-8-6-12(18)7-9-13/h6-11H,3-5H2,1-2H3,(H,19,23)(H,20,21,22). The van der Waals surface area contributed by atoms with E-state index in [2.05, 4.69) is 22.2 Å². The van der Waals surface area contributed by atoms with Crippen molar-refractivity contribution >= 4 is 35.0 Å². The Labute approximate surface area is 150 Å². The summed E-state index contributed by atoms with van der Waals surface area (Å²) in [4.78, 5) is 31.1. The highest BCUT2D eigenvalue weighted by molar-refractivity contribution is 8.00. The molecule has 1 aromatic carbocycles. The Kier molecular flexibility index (Phi) is 6.87. The van der Waals surface area contributed by atoms with Crippen molar-refractivity contribution in [1.29, 1.82) is 0 Å². The molecule has 0 bridgehead atoms. The predicted octanol–water partition coefficient (Wildman–Crippen LogP) is 3.89. The predicted molar refractivity (Wildman–Crippen MR) is 98.9 cm³/mol. The molecular weight excluding hydrogens is 346 g/mol. The third-order valence-electron chi connectivity index (χ3n) is 3.33. The number of hydrogen-bond donors (Lipinski definition) is 2. The first kappa shape index (κ1) is 18.5. The van der Waals surface area contributed by atoms with E-state index in [-0.39, 0.29) is 11.5 Å². The third-order valence-corrected chi connectivity index (χ3v) is 4.57. The van der Waals surface area contributed by atoms with E-state index in [0.29, 0.717) is 15.9 Å². The van der Waals surface area contributed by atoms with Crippen LogP contribution in [0.25, 0.3) is 0 Å². The van der Waals surface area contributed by atoms with Gasteiger partial charge in [-0.3, -0.25) is 9.59 Å². The lowest BCUT2D eigenvalue weighted by molar-refractivity contribution is -0.115. The minimum atomic E-state index is -0.398. The van der Waals surface area contributed by atoms with Gasteiger partial charge in [0.05, 0.1) is 5.25 Å². The van der Waals surface area contributed by atoms with Crippen LogP contribution in [0.4, 0.5) is 5.69 Å². The summed E-state index contributed by atoms with van der Waals surface area (Å²) in [6, 6.07) is 8.42. The van der Waals surface area contributed by atoms with E-state index >= 15 is 0 Å². The van der Waals surface area contributed by atoms with Gasteiger partial charge in [0.25, 0.3) is 5.56 Å². The molecule has 0 saturated carbocycles. The molecule has 24 heavy (non-hydrogen) atoms. The first-order valence-electron chi connectivity index (χ1n) is 7.81.